The molecule has 0 aliphatic rings. The summed E-state index contributed by atoms with van der Waals surface area (Å²) < 4.78 is 5.52. The molecule has 0 spiro atoms. The van der Waals surface area contributed by atoms with E-state index < -0.39 is 0 Å². The molecule has 0 aliphatic heterocycles. The summed E-state index contributed by atoms with van der Waals surface area (Å²) in [4.78, 5) is 1.23. The molecule has 0 amide bonds. The van der Waals surface area contributed by atoms with E-state index >= 15 is 0 Å². The van der Waals surface area contributed by atoms with E-state index in [9.17, 15) is 0 Å². The van der Waals surface area contributed by atoms with Crippen LogP contribution in [0.2, 0.25) is 0 Å². The molecular weight excluding hydrogens is 278 g/mol. The Morgan fingerprint density at radius 3 is 2.71 bits per heavy atom. The molecule has 0 bridgehead atoms. The lowest BCUT2D eigenvalue weighted by atomic mass is 9.97. The van der Waals surface area contributed by atoms with E-state index in [0.717, 1.165) is 12.3 Å². The molecular formula is C18H19NOS. The summed E-state index contributed by atoms with van der Waals surface area (Å²) in [6, 6.07) is 17.2. The SMILES string of the molecule is CCNC(c1sccc1OC)c1cccc2ccccc12. The molecule has 3 heteroatoms. The van der Waals surface area contributed by atoms with E-state index in [1.165, 1.54) is 21.2 Å². The van der Waals surface area contributed by atoms with Gasteiger partial charge in [-0.2, -0.15) is 0 Å². The van der Waals surface area contributed by atoms with Gasteiger partial charge in [-0.15, -0.1) is 11.3 Å². The van der Waals surface area contributed by atoms with Gasteiger partial charge in [-0.25, -0.2) is 0 Å². The molecule has 3 rings (SSSR count). The number of thiophene rings is 1. The maximum atomic E-state index is 5.52. The van der Waals surface area contributed by atoms with Crippen LogP contribution in [0.25, 0.3) is 10.8 Å². The second-order valence-corrected chi connectivity index (χ2v) is 5.86. The summed E-state index contributed by atoms with van der Waals surface area (Å²) in [5, 5.41) is 8.25. The smallest absolute Gasteiger partial charge is 0.134 e. The molecule has 0 saturated heterocycles. The van der Waals surface area contributed by atoms with Crippen LogP contribution < -0.4 is 10.1 Å². The Morgan fingerprint density at radius 1 is 1.10 bits per heavy atom. The summed E-state index contributed by atoms with van der Waals surface area (Å²) in [5.41, 5.74) is 1.30. The van der Waals surface area contributed by atoms with Crippen molar-refractivity contribution in [3.05, 3.63) is 64.4 Å². The molecule has 1 atom stereocenters. The largest absolute Gasteiger partial charge is 0.496 e. The molecule has 2 aromatic carbocycles. The number of nitrogens with one attached hydrogen (secondary N) is 1. The highest BCUT2D eigenvalue weighted by molar-refractivity contribution is 7.10. The number of ether oxygens (including phenoxy) is 1. The van der Waals surface area contributed by atoms with Crippen LogP contribution in [0.1, 0.15) is 23.4 Å². The lowest BCUT2D eigenvalue weighted by molar-refractivity contribution is 0.408. The lowest BCUT2D eigenvalue weighted by Crippen LogP contribution is -2.21. The molecule has 21 heavy (non-hydrogen) atoms. The summed E-state index contributed by atoms with van der Waals surface area (Å²) in [5.74, 6) is 0.957. The topological polar surface area (TPSA) is 21.3 Å². The number of fused-ring (bicyclic) bond motifs is 1. The van der Waals surface area contributed by atoms with Gasteiger partial charge in [0.1, 0.15) is 5.75 Å². The fraction of sp³-hybridized carbons (Fsp3) is 0.222. The van der Waals surface area contributed by atoms with E-state index in [0.29, 0.717) is 0 Å². The van der Waals surface area contributed by atoms with Crippen molar-refractivity contribution in [2.24, 2.45) is 0 Å². The molecule has 0 radical (unpaired) electrons. The average Bonchev–Trinajstić information content (AvgIpc) is 3.00. The van der Waals surface area contributed by atoms with Crippen LogP contribution in [-0.4, -0.2) is 13.7 Å². The number of hydrogen-bond acceptors (Lipinski definition) is 3. The Balaban J connectivity index is 2.16. The van der Waals surface area contributed by atoms with Crippen LogP contribution in [0.5, 0.6) is 5.75 Å². The fourth-order valence-electron chi connectivity index (χ4n) is 2.74. The van der Waals surface area contributed by atoms with Crippen molar-refractivity contribution in [1.82, 2.24) is 5.32 Å². The highest BCUT2D eigenvalue weighted by Gasteiger charge is 2.20. The normalized spacial score (nSPS) is 12.5. The van der Waals surface area contributed by atoms with E-state index in [-0.39, 0.29) is 6.04 Å². The van der Waals surface area contributed by atoms with Crippen LogP contribution in [0.3, 0.4) is 0 Å². The first kappa shape index (κ1) is 14.1. The van der Waals surface area contributed by atoms with Gasteiger partial charge in [-0.1, -0.05) is 49.4 Å². The maximum absolute atomic E-state index is 5.52. The predicted octanol–water partition coefficient (Wildman–Crippen LogP) is 4.61. The Bertz CT molecular complexity index is 729. The van der Waals surface area contributed by atoms with Crippen molar-refractivity contribution >= 4 is 22.1 Å². The van der Waals surface area contributed by atoms with Crippen LogP contribution in [-0.2, 0) is 0 Å². The Kier molecular flexibility index (Phi) is 4.23. The monoisotopic (exact) mass is 297 g/mol. The predicted molar refractivity (Wildman–Crippen MR) is 90.3 cm³/mol. The average molecular weight is 297 g/mol. The molecule has 1 heterocycles. The van der Waals surface area contributed by atoms with Gasteiger partial charge in [0, 0.05) is 0 Å². The van der Waals surface area contributed by atoms with E-state index in [2.05, 4.69) is 60.1 Å². The molecule has 0 fully saturated rings. The summed E-state index contributed by atoms with van der Waals surface area (Å²) in [7, 11) is 1.73. The van der Waals surface area contributed by atoms with E-state index in [1.807, 2.05) is 6.07 Å². The third kappa shape index (κ3) is 2.67. The van der Waals surface area contributed by atoms with Gasteiger partial charge >= 0.3 is 0 Å². The van der Waals surface area contributed by atoms with Crippen LogP contribution in [0.4, 0.5) is 0 Å². The van der Waals surface area contributed by atoms with Crippen molar-refractivity contribution in [3.8, 4) is 5.75 Å². The van der Waals surface area contributed by atoms with Crippen molar-refractivity contribution < 1.29 is 4.74 Å². The van der Waals surface area contributed by atoms with Gasteiger partial charge in [0.05, 0.1) is 18.0 Å². The van der Waals surface area contributed by atoms with Crippen molar-refractivity contribution in [2.75, 3.05) is 13.7 Å². The van der Waals surface area contributed by atoms with Crippen molar-refractivity contribution in [3.63, 3.8) is 0 Å². The summed E-state index contributed by atoms with van der Waals surface area (Å²) in [6.07, 6.45) is 0. The first-order valence-electron chi connectivity index (χ1n) is 7.17. The van der Waals surface area contributed by atoms with Crippen molar-refractivity contribution in [1.29, 1.82) is 0 Å². The van der Waals surface area contributed by atoms with E-state index in [4.69, 9.17) is 4.74 Å². The Hall–Kier alpha value is -1.84. The van der Waals surface area contributed by atoms with Gasteiger partial charge in [-0.3, -0.25) is 0 Å². The zero-order valence-electron chi connectivity index (χ0n) is 12.3. The zero-order valence-corrected chi connectivity index (χ0v) is 13.1. The minimum Gasteiger partial charge on any atom is -0.496 e. The quantitative estimate of drug-likeness (QED) is 0.742. The van der Waals surface area contributed by atoms with Crippen LogP contribution in [0, 0.1) is 0 Å². The van der Waals surface area contributed by atoms with Gasteiger partial charge < -0.3 is 10.1 Å². The molecule has 0 aliphatic carbocycles. The maximum Gasteiger partial charge on any atom is 0.134 e. The lowest BCUT2D eigenvalue weighted by Gasteiger charge is -2.20. The van der Waals surface area contributed by atoms with Gasteiger partial charge in [0.25, 0.3) is 0 Å². The number of rotatable bonds is 5. The Morgan fingerprint density at radius 2 is 1.90 bits per heavy atom. The molecule has 1 aromatic heterocycles. The number of methoxy groups -OCH3 is 1. The highest BCUT2D eigenvalue weighted by Crippen LogP contribution is 2.37. The van der Waals surface area contributed by atoms with Gasteiger partial charge in [0.15, 0.2) is 0 Å². The third-order valence-electron chi connectivity index (χ3n) is 3.68. The standard InChI is InChI=1S/C18H19NOS/c1-3-19-17(18-16(20-2)11-12-21-18)15-10-6-8-13-7-4-5-9-14(13)15/h4-12,17,19H,3H2,1-2H3. The summed E-state index contributed by atoms with van der Waals surface area (Å²) >= 11 is 1.74. The van der Waals surface area contributed by atoms with Gasteiger partial charge in [0.2, 0.25) is 0 Å². The van der Waals surface area contributed by atoms with Gasteiger partial charge in [-0.05, 0) is 34.3 Å². The minimum atomic E-state index is 0.163. The summed E-state index contributed by atoms with van der Waals surface area (Å²) in [6.45, 7) is 3.05. The van der Waals surface area contributed by atoms with E-state index in [1.54, 1.807) is 18.4 Å². The Labute approximate surface area is 129 Å². The molecule has 1 N–H and O–H groups in total. The molecule has 1 unspecified atom stereocenters. The van der Waals surface area contributed by atoms with Crippen LogP contribution in [0.15, 0.2) is 53.9 Å². The second-order valence-electron chi connectivity index (χ2n) is 4.91. The molecule has 0 saturated carbocycles. The van der Waals surface area contributed by atoms with Crippen LogP contribution >= 0.6 is 11.3 Å². The first-order valence-corrected chi connectivity index (χ1v) is 8.05. The minimum absolute atomic E-state index is 0.163. The molecule has 2 nitrogen and oxygen atoms in total. The molecule has 108 valence electrons. The third-order valence-corrected chi connectivity index (χ3v) is 4.64. The number of benzene rings is 2. The first-order chi connectivity index (χ1) is 10.3. The zero-order chi connectivity index (χ0) is 14.7. The number of hydrogen-bond donors (Lipinski definition) is 1. The fourth-order valence-corrected chi connectivity index (χ4v) is 3.69. The highest BCUT2D eigenvalue weighted by atomic mass is 32.1. The van der Waals surface area contributed by atoms with Crippen molar-refractivity contribution in [2.45, 2.75) is 13.0 Å². The second kappa shape index (κ2) is 6.29. The molecule has 3 aromatic rings.